The number of Topliss-reactive ketones (excluding diaryl/α,β-unsaturated/α-hetero) is 1. The SMILES string of the molecule is CC[C@H](C)[C@H]1NC(=O)C(=O)[C@H](CCCN=C(N)N)NC(=O)C2CCCN2C(=O)[C@@H](NC(=O)[C@H](C)NC(=O)Cc2ccccc2)CNC(=O)/C=C/[C@H](Cc2ccc(O)cc2)NC1=O. The highest BCUT2D eigenvalue weighted by Crippen LogP contribution is 2.20. The minimum atomic E-state index is -1.42. The van der Waals surface area contributed by atoms with Gasteiger partial charge in [-0.3, -0.25) is 43.3 Å². The van der Waals surface area contributed by atoms with E-state index in [4.69, 9.17) is 11.5 Å². The number of carbonyl (C=O) groups excluding carboxylic acids is 8. The molecule has 2 aromatic rings. The fourth-order valence-corrected chi connectivity index (χ4v) is 7.04. The molecule has 2 aromatic carbocycles. The average Bonchev–Trinajstić information content (AvgIpc) is 3.74. The molecule has 0 radical (unpaired) electrons. The molecule has 0 bridgehead atoms. The number of amides is 7. The van der Waals surface area contributed by atoms with Crippen LogP contribution in [0.15, 0.2) is 71.7 Å². The molecule has 4 rings (SSSR count). The Kier molecular flexibility index (Phi) is 18.0. The van der Waals surface area contributed by atoms with Crippen LogP contribution in [0.3, 0.4) is 0 Å². The van der Waals surface area contributed by atoms with Gasteiger partial charge in [-0.15, -0.1) is 0 Å². The second-order valence-corrected chi connectivity index (χ2v) is 15.5. The molecule has 2 aliphatic heterocycles. The summed E-state index contributed by atoms with van der Waals surface area (Å²) in [6.07, 6.45) is 3.78. The van der Waals surface area contributed by atoms with Crippen LogP contribution in [0.25, 0.3) is 0 Å². The first-order valence-corrected chi connectivity index (χ1v) is 20.7. The van der Waals surface area contributed by atoms with Crippen molar-refractivity contribution in [3.8, 4) is 5.75 Å². The Morgan fingerprint density at radius 3 is 2.32 bits per heavy atom. The molecule has 0 aliphatic carbocycles. The lowest BCUT2D eigenvalue weighted by Crippen LogP contribution is -2.60. The lowest BCUT2D eigenvalue weighted by Gasteiger charge is -2.30. The monoisotopic (exact) mass is 858 g/mol. The van der Waals surface area contributed by atoms with E-state index >= 15 is 0 Å². The second kappa shape index (κ2) is 23.3. The number of ketones is 1. The Balaban J connectivity index is 1.68. The quantitative estimate of drug-likeness (QED) is 0.0508. The van der Waals surface area contributed by atoms with Crippen molar-refractivity contribution in [1.29, 1.82) is 0 Å². The second-order valence-electron chi connectivity index (χ2n) is 15.5. The number of aliphatic imine (C=N–C) groups is 1. The number of nitrogens with two attached hydrogens (primary N) is 2. The van der Waals surface area contributed by atoms with Gasteiger partial charge in [0.2, 0.25) is 41.2 Å². The zero-order chi connectivity index (χ0) is 45.3. The predicted molar refractivity (Wildman–Crippen MR) is 229 cm³/mol. The number of hydrogen-bond donors (Lipinski definition) is 9. The largest absolute Gasteiger partial charge is 0.508 e. The van der Waals surface area contributed by atoms with E-state index in [1.165, 1.54) is 30.0 Å². The topological polar surface area (TPSA) is 297 Å². The van der Waals surface area contributed by atoms with Crippen LogP contribution in [0.4, 0.5) is 0 Å². The van der Waals surface area contributed by atoms with Crippen molar-refractivity contribution in [3.63, 3.8) is 0 Å². The molecule has 7 amide bonds. The number of fused-ring (bicyclic) bond motifs is 1. The van der Waals surface area contributed by atoms with Gasteiger partial charge in [0, 0.05) is 25.7 Å². The van der Waals surface area contributed by atoms with E-state index in [1.54, 1.807) is 56.3 Å². The first-order chi connectivity index (χ1) is 29.6. The van der Waals surface area contributed by atoms with E-state index < -0.39 is 95.8 Å². The molecule has 0 spiro atoms. The molecule has 1 unspecified atom stereocenters. The highest BCUT2D eigenvalue weighted by atomic mass is 16.3. The van der Waals surface area contributed by atoms with Gasteiger partial charge in [0.25, 0.3) is 5.91 Å². The van der Waals surface area contributed by atoms with Gasteiger partial charge in [0.15, 0.2) is 5.96 Å². The molecule has 2 heterocycles. The maximum absolute atomic E-state index is 14.3. The number of benzene rings is 2. The maximum atomic E-state index is 14.3. The molecule has 0 saturated carbocycles. The molecule has 19 nitrogen and oxygen atoms in total. The molecular formula is C43H58N10O9. The van der Waals surface area contributed by atoms with Crippen LogP contribution in [0.2, 0.25) is 0 Å². The summed E-state index contributed by atoms with van der Waals surface area (Å²) in [6, 6.07) is 7.95. The highest BCUT2D eigenvalue weighted by Gasteiger charge is 2.40. The van der Waals surface area contributed by atoms with Crippen molar-refractivity contribution < 1.29 is 43.5 Å². The van der Waals surface area contributed by atoms with Gasteiger partial charge >= 0.3 is 0 Å². The summed E-state index contributed by atoms with van der Waals surface area (Å²) >= 11 is 0. The van der Waals surface area contributed by atoms with Crippen molar-refractivity contribution >= 4 is 53.1 Å². The van der Waals surface area contributed by atoms with Gasteiger partial charge in [-0.25, -0.2) is 0 Å². The molecule has 11 N–H and O–H groups in total. The van der Waals surface area contributed by atoms with Gasteiger partial charge in [-0.05, 0) is 68.2 Å². The van der Waals surface area contributed by atoms with Crippen LogP contribution in [-0.4, -0.2) is 119 Å². The Labute approximate surface area is 360 Å². The van der Waals surface area contributed by atoms with Gasteiger partial charge in [-0.1, -0.05) is 68.8 Å². The van der Waals surface area contributed by atoms with Crippen molar-refractivity contribution in [3.05, 3.63) is 77.9 Å². The average molecular weight is 859 g/mol. The van der Waals surface area contributed by atoms with Crippen LogP contribution in [-0.2, 0) is 51.2 Å². The number of rotatable bonds is 13. The zero-order valence-electron chi connectivity index (χ0n) is 35.2. The van der Waals surface area contributed by atoms with Crippen molar-refractivity contribution in [2.75, 3.05) is 19.6 Å². The summed E-state index contributed by atoms with van der Waals surface area (Å²) in [6.45, 7) is 4.69. The molecular weight excluding hydrogens is 801 g/mol. The number of hydrogen-bond acceptors (Lipinski definition) is 10. The lowest BCUT2D eigenvalue weighted by atomic mass is 9.96. The fourth-order valence-electron chi connectivity index (χ4n) is 7.04. The van der Waals surface area contributed by atoms with E-state index in [2.05, 4.69) is 36.9 Å². The van der Waals surface area contributed by atoms with Gasteiger partial charge in [0.1, 0.15) is 29.9 Å². The number of nitrogens with one attached hydrogen (secondary N) is 6. The van der Waals surface area contributed by atoms with Crippen LogP contribution in [0.5, 0.6) is 5.75 Å². The minimum absolute atomic E-state index is 0.000294. The van der Waals surface area contributed by atoms with Crippen molar-refractivity contribution in [1.82, 2.24) is 36.8 Å². The van der Waals surface area contributed by atoms with Gasteiger partial charge in [0.05, 0.1) is 18.5 Å². The highest BCUT2D eigenvalue weighted by molar-refractivity contribution is 6.38. The summed E-state index contributed by atoms with van der Waals surface area (Å²) in [7, 11) is 0. The molecule has 7 atom stereocenters. The first kappa shape index (κ1) is 47.9. The van der Waals surface area contributed by atoms with E-state index in [0.717, 1.165) is 11.6 Å². The van der Waals surface area contributed by atoms with Crippen molar-refractivity contribution in [2.45, 2.75) is 102 Å². The summed E-state index contributed by atoms with van der Waals surface area (Å²) < 4.78 is 0. The molecule has 1 fully saturated rings. The normalized spacial score (nSPS) is 23.1. The molecule has 19 heteroatoms. The van der Waals surface area contributed by atoms with E-state index in [9.17, 15) is 43.5 Å². The Morgan fingerprint density at radius 2 is 1.65 bits per heavy atom. The summed E-state index contributed by atoms with van der Waals surface area (Å²) in [5.74, 6) is -6.81. The number of nitrogens with zero attached hydrogens (tertiary/aromatic N) is 2. The Bertz CT molecular complexity index is 1990. The van der Waals surface area contributed by atoms with Crippen LogP contribution in [0.1, 0.15) is 64.0 Å². The molecule has 2 aliphatic rings. The molecule has 334 valence electrons. The summed E-state index contributed by atoms with van der Waals surface area (Å²) in [4.78, 5) is 115. The third-order valence-electron chi connectivity index (χ3n) is 10.7. The third kappa shape index (κ3) is 14.4. The Morgan fingerprint density at radius 1 is 0.935 bits per heavy atom. The minimum Gasteiger partial charge on any atom is -0.508 e. The smallest absolute Gasteiger partial charge is 0.290 e. The third-order valence-corrected chi connectivity index (χ3v) is 10.7. The predicted octanol–water partition coefficient (Wildman–Crippen LogP) is -1.03. The number of phenols is 1. The molecule has 62 heavy (non-hydrogen) atoms. The van der Waals surface area contributed by atoms with Crippen LogP contribution in [0, 0.1) is 5.92 Å². The van der Waals surface area contributed by atoms with Crippen LogP contribution < -0.4 is 43.4 Å². The number of phenolic OH excluding ortho intramolecular Hbond substituents is 1. The number of guanidine groups is 1. The lowest BCUT2D eigenvalue weighted by molar-refractivity contribution is -0.144. The van der Waals surface area contributed by atoms with Crippen LogP contribution >= 0.6 is 0 Å². The van der Waals surface area contributed by atoms with Crippen molar-refractivity contribution in [2.24, 2.45) is 22.4 Å². The zero-order valence-corrected chi connectivity index (χ0v) is 35.2. The molecule has 1 saturated heterocycles. The number of aromatic hydroxyl groups is 1. The fraction of sp³-hybridized carbons (Fsp3) is 0.465. The summed E-state index contributed by atoms with van der Waals surface area (Å²) in [5.41, 5.74) is 12.3. The summed E-state index contributed by atoms with van der Waals surface area (Å²) in [5, 5.41) is 25.7. The number of carbonyl (C=O) groups is 8. The maximum Gasteiger partial charge on any atom is 0.290 e. The van der Waals surface area contributed by atoms with E-state index in [0.29, 0.717) is 18.4 Å². The van der Waals surface area contributed by atoms with Gasteiger partial charge < -0.3 is 53.4 Å². The van der Waals surface area contributed by atoms with E-state index in [-0.39, 0.29) is 56.9 Å². The van der Waals surface area contributed by atoms with E-state index in [1.807, 2.05) is 0 Å². The van der Waals surface area contributed by atoms with Gasteiger partial charge in [-0.2, -0.15) is 0 Å². The first-order valence-electron chi connectivity index (χ1n) is 20.7. The Hall–Kier alpha value is -6.79. The molecule has 0 aromatic heterocycles. The standard InChI is InChI=1S/C43H58N10O9/c1-4-25(2)36-40(60)49-29(22-28-14-17-30(54)18-15-28)16-19-34(55)47-24-32(51-38(58)26(3)48-35(56)23-27-10-6-5-7-11-27)42(62)53-21-9-13-33(53)39(59)50-31(37(57)41(61)52-36)12-8-20-46-43(44)45/h5-7,10-11,14-19,25-26,29,31-33,36,54H,4,8-9,12-13,20-24H2,1-3H3,(H,47,55)(H,48,56)(H,49,60)(H,50,59)(H,51,58)(H,52,61)(H4,44,45,46)/b19-16+/t25-,26-,29+,31-,32-,33?,36+/m0/s1.